The van der Waals surface area contributed by atoms with Crippen LogP contribution in [0.15, 0.2) is 41.6 Å². The number of rotatable bonds is 1. The predicted octanol–water partition coefficient (Wildman–Crippen LogP) is 2.90. The molecule has 76 valence electrons. The van der Waals surface area contributed by atoms with Crippen molar-refractivity contribution in [3.8, 4) is 11.8 Å². The third-order valence-corrected chi connectivity index (χ3v) is 2.04. The molecule has 0 fully saturated rings. The maximum Gasteiger partial charge on any atom is 0.0880 e. The Balaban J connectivity index is 2.31. The number of nitrogens with zero attached hydrogens (tertiary/aromatic N) is 4. The topological polar surface area (TPSA) is 61.7 Å². The Labute approximate surface area is 92.6 Å². The molecule has 0 N–H and O–H groups in total. The summed E-state index contributed by atoms with van der Waals surface area (Å²) in [6.45, 7) is 0.184. The van der Waals surface area contributed by atoms with Crippen LogP contribution >= 0.6 is 0 Å². The molecule has 0 aliphatic heterocycles. The van der Waals surface area contributed by atoms with Gasteiger partial charge in [-0.15, -0.1) is 0 Å². The maximum atomic E-state index is 8.08. The van der Waals surface area contributed by atoms with Gasteiger partial charge in [-0.3, -0.25) is 4.98 Å². The molecule has 0 amide bonds. The second kappa shape index (κ2) is 4.83. The average molecular weight is 208 g/mol. The van der Waals surface area contributed by atoms with Crippen molar-refractivity contribution in [2.75, 3.05) is 6.54 Å². The second-order valence-corrected chi connectivity index (χ2v) is 3.11. The first-order chi connectivity index (χ1) is 7.90. The highest BCUT2D eigenvalue weighted by Gasteiger charge is 1.93. The van der Waals surface area contributed by atoms with Gasteiger partial charge in [-0.05, 0) is 17.7 Å². The maximum absolute atomic E-state index is 8.08. The number of benzene rings is 1. The van der Waals surface area contributed by atoms with Gasteiger partial charge in [-0.25, -0.2) is 0 Å². The second-order valence-electron chi connectivity index (χ2n) is 3.11. The van der Waals surface area contributed by atoms with Crippen LogP contribution in [0, 0.1) is 11.8 Å². The minimum absolute atomic E-state index is 0.184. The van der Waals surface area contributed by atoms with Crippen molar-refractivity contribution in [3.05, 3.63) is 52.5 Å². The summed E-state index contributed by atoms with van der Waals surface area (Å²) in [6, 6.07) is 9.81. The van der Waals surface area contributed by atoms with E-state index in [2.05, 4.69) is 26.9 Å². The lowest BCUT2D eigenvalue weighted by molar-refractivity contribution is 1.25. The lowest BCUT2D eigenvalue weighted by atomic mass is 10.2. The summed E-state index contributed by atoms with van der Waals surface area (Å²) in [6.07, 6.45) is 1.71. The zero-order chi connectivity index (χ0) is 11.2. The van der Waals surface area contributed by atoms with E-state index in [-0.39, 0.29) is 6.54 Å². The Bertz CT molecular complexity index is 615. The van der Waals surface area contributed by atoms with E-state index in [0.29, 0.717) is 0 Å². The molecule has 0 aliphatic carbocycles. The van der Waals surface area contributed by atoms with Crippen LogP contribution in [0.3, 0.4) is 0 Å². The van der Waals surface area contributed by atoms with E-state index >= 15 is 0 Å². The molecule has 0 bridgehead atoms. The van der Waals surface area contributed by atoms with E-state index in [1.165, 1.54) is 0 Å². The fraction of sp³-hybridized carbons (Fsp3) is 0.0833. The monoisotopic (exact) mass is 208 g/mol. The molecule has 16 heavy (non-hydrogen) atoms. The van der Waals surface area contributed by atoms with Crippen LogP contribution in [0.25, 0.3) is 21.3 Å². The van der Waals surface area contributed by atoms with Crippen LogP contribution in [-0.4, -0.2) is 11.5 Å². The quantitative estimate of drug-likeness (QED) is 0.307. The standard InChI is InChI=1S/C12H8N4/c13-16-15-7-3-4-10-8-11-5-1-2-6-12(11)14-9-10/h1-2,5-6,8-9H,7H2. The molecule has 2 rings (SSSR count). The van der Waals surface area contributed by atoms with Gasteiger partial charge in [0, 0.05) is 22.1 Å². The predicted molar refractivity (Wildman–Crippen MR) is 62.6 cm³/mol. The molecule has 0 atom stereocenters. The molecule has 0 unspecified atom stereocenters. The van der Waals surface area contributed by atoms with E-state index in [0.717, 1.165) is 16.5 Å². The van der Waals surface area contributed by atoms with Crippen LogP contribution < -0.4 is 0 Å². The van der Waals surface area contributed by atoms with E-state index in [4.69, 9.17) is 5.53 Å². The zero-order valence-electron chi connectivity index (χ0n) is 8.46. The van der Waals surface area contributed by atoms with E-state index in [1.54, 1.807) is 6.20 Å². The summed E-state index contributed by atoms with van der Waals surface area (Å²) in [4.78, 5) is 6.90. The average Bonchev–Trinajstić information content (AvgIpc) is 2.34. The van der Waals surface area contributed by atoms with Crippen molar-refractivity contribution in [3.63, 3.8) is 0 Å². The van der Waals surface area contributed by atoms with Gasteiger partial charge in [-0.2, -0.15) is 0 Å². The molecule has 0 radical (unpaired) electrons. The number of pyridine rings is 1. The molecule has 4 heteroatoms. The lowest BCUT2D eigenvalue weighted by Crippen LogP contribution is -1.81. The minimum atomic E-state index is 0.184. The molecular formula is C12H8N4. The molecular weight excluding hydrogens is 200 g/mol. The first-order valence-corrected chi connectivity index (χ1v) is 4.74. The van der Waals surface area contributed by atoms with Gasteiger partial charge >= 0.3 is 0 Å². The summed E-state index contributed by atoms with van der Waals surface area (Å²) in [5.41, 5.74) is 9.86. The van der Waals surface area contributed by atoms with Crippen molar-refractivity contribution < 1.29 is 0 Å². The van der Waals surface area contributed by atoms with Gasteiger partial charge in [0.25, 0.3) is 0 Å². The van der Waals surface area contributed by atoms with Crippen LogP contribution in [0.2, 0.25) is 0 Å². The summed E-state index contributed by atoms with van der Waals surface area (Å²) in [7, 11) is 0. The zero-order valence-corrected chi connectivity index (χ0v) is 8.46. The molecule has 0 saturated carbocycles. The minimum Gasteiger partial charge on any atom is -0.255 e. The van der Waals surface area contributed by atoms with Crippen LogP contribution in [0.4, 0.5) is 0 Å². The van der Waals surface area contributed by atoms with E-state index in [9.17, 15) is 0 Å². The van der Waals surface area contributed by atoms with Gasteiger partial charge in [-0.1, -0.05) is 35.2 Å². The van der Waals surface area contributed by atoms with Crippen molar-refractivity contribution in [2.45, 2.75) is 0 Å². The fourth-order valence-electron chi connectivity index (χ4n) is 1.35. The van der Waals surface area contributed by atoms with Gasteiger partial charge in [0.2, 0.25) is 0 Å². The first-order valence-electron chi connectivity index (χ1n) is 4.74. The molecule has 4 nitrogen and oxygen atoms in total. The molecule has 2 aromatic rings. The lowest BCUT2D eigenvalue weighted by Gasteiger charge is -1.95. The molecule has 0 aliphatic rings. The molecule has 1 aromatic heterocycles. The third-order valence-electron chi connectivity index (χ3n) is 2.04. The Morgan fingerprint density at radius 3 is 3.12 bits per heavy atom. The Kier molecular flexibility index (Phi) is 3.03. The first kappa shape index (κ1) is 10.0. The third kappa shape index (κ3) is 2.30. The van der Waals surface area contributed by atoms with Crippen molar-refractivity contribution in [2.24, 2.45) is 5.11 Å². The van der Waals surface area contributed by atoms with Crippen molar-refractivity contribution in [1.29, 1.82) is 0 Å². The number of para-hydroxylation sites is 1. The van der Waals surface area contributed by atoms with E-state index in [1.807, 2.05) is 30.3 Å². The van der Waals surface area contributed by atoms with Crippen molar-refractivity contribution in [1.82, 2.24) is 4.98 Å². The van der Waals surface area contributed by atoms with Crippen molar-refractivity contribution >= 4 is 10.9 Å². The fourth-order valence-corrected chi connectivity index (χ4v) is 1.35. The van der Waals surface area contributed by atoms with Crippen LogP contribution in [0.5, 0.6) is 0 Å². The number of aromatic nitrogens is 1. The summed E-state index contributed by atoms with van der Waals surface area (Å²) >= 11 is 0. The molecule has 0 spiro atoms. The normalized spacial score (nSPS) is 9.00. The van der Waals surface area contributed by atoms with Crippen LogP contribution in [0.1, 0.15) is 5.56 Å². The number of hydrogen-bond acceptors (Lipinski definition) is 2. The Morgan fingerprint density at radius 2 is 2.25 bits per heavy atom. The highest BCUT2D eigenvalue weighted by molar-refractivity contribution is 5.79. The van der Waals surface area contributed by atoms with E-state index < -0.39 is 0 Å². The Morgan fingerprint density at radius 1 is 1.38 bits per heavy atom. The van der Waals surface area contributed by atoms with Gasteiger partial charge in [0.15, 0.2) is 0 Å². The van der Waals surface area contributed by atoms with Gasteiger partial charge in [0.05, 0.1) is 12.1 Å². The number of fused-ring (bicyclic) bond motifs is 1. The summed E-state index contributed by atoms with van der Waals surface area (Å²) < 4.78 is 0. The molecule has 1 aromatic carbocycles. The summed E-state index contributed by atoms with van der Waals surface area (Å²) in [5.74, 6) is 5.65. The Hall–Kier alpha value is -2.50. The van der Waals surface area contributed by atoms with Gasteiger partial charge in [0.1, 0.15) is 0 Å². The van der Waals surface area contributed by atoms with Gasteiger partial charge < -0.3 is 0 Å². The summed E-state index contributed by atoms with van der Waals surface area (Å²) in [5, 5.41) is 4.39. The number of hydrogen-bond donors (Lipinski definition) is 0. The highest BCUT2D eigenvalue weighted by atomic mass is 15.1. The van der Waals surface area contributed by atoms with Crippen LogP contribution in [-0.2, 0) is 0 Å². The highest BCUT2D eigenvalue weighted by Crippen LogP contribution is 2.11. The number of azide groups is 1. The molecule has 0 saturated heterocycles. The molecule has 1 heterocycles. The smallest absolute Gasteiger partial charge is 0.0880 e. The largest absolute Gasteiger partial charge is 0.255 e. The SMILES string of the molecule is [N-]=[N+]=NCC#Cc1cnc2ccccc2c1.